The fourth-order valence-corrected chi connectivity index (χ4v) is 3.68. The zero-order valence-electron chi connectivity index (χ0n) is 14.4. The predicted octanol–water partition coefficient (Wildman–Crippen LogP) is 3.34. The van der Waals surface area contributed by atoms with E-state index in [-0.39, 0.29) is 6.10 Å². The van der Waals surface area contributed by atoms with E-state index in [1.54, 1.807) is 18.4 Å². The van der Waals surface area contributed by atoms with Crippen LogP contribution in [-0.4, -0.2) is 32.2 Å². The lowest BCUT2D eigenvalue weighted by atomic mass is 10.1. The van der Waals surface area contributed by atoms with Crippen LogP contribution >= 0.6 is 11.3 Å². The summed E-state index contributed by atoms with van der Waals surface area (Å²) in [7, 11) is 1.65. The van der Waals surface area contributed by atoms with Crippen molar-refractivity contribution in [3.05, 3.63) is 52.3 Å². The Morgan fingerprint density at radius 3 is 3.11 bits per heavy atom. The second-order valence-corrected chi connectivity index (χ2v) is 6.86. The quantitative estimate of drug-likeness (QED) is 0.536. The Bertz CT molecular complexity index is 1070. The van der Waals surface area contributed by atoms with E-state index in [9.17, 15) is 0 Å². The molecule has 1 unspecified atom stereocenters. The summed E-state index contributed by atoms with van der Waals surface area (Å²) in [5, 5.41) is 16.5. The molecule has 0 N–H and O–H groups in total. The maximum Gasteiger partial charge on any atom is 0.280 e. The van der Waals surface area contributed by atoms with E-state index in [2.05, 4.69) is 20.5 Å². The first kappa shape index (κ1) is 16.2. The third kappa shape index (κ3) is 2.90. The molecule has 3 aromatic heterocycles. The molecular weight excluding hydrogens is 366 g/mol. The Morgan fingerprint density at radius 2 is 2.26 bits per heavy atom. The molecule has 1 aliphatic rings. The van der Waals surface area contributed by atoms with Crippen molar-refractivity contribution < 1.29 is 14.0 Å². The Balaban J connectivity index is 1.41. The molecule has 27 heavy (non-hydrogen) atoms. The number of benzene rings is 1. The van der Waals surface area contributed by atoms with Crippen LogP contribution in [0.1, 0.15) is 17.4 Å². The minimum atomic E-state index is -0.119. The third-order valence-electron chi connectivity index (χ3n) is 4.47. The van der Waals surface area contributed by atoms with E-state index >= 15 is 0 Å². The van der Waals surface area contributed by atoms with E-state index in [1.165, 1.54) is 0 Å². The molecule has 0 fully saturated rings. The molecule has 0 saturated carbocycles. The van der Waals surface area contributed by atoms with Crippen molar-refractivity contribution in [2.24, 2.45) is 0 Å². The molecule has 0 saturated heterocycles. The molecule has 4 heterocycles. The van der Waals surface area contributed by atoms with Crippen molar-refractivity contribution in [2.45, 2.75) is 19.3 Å². The van der Waals surface area contributed by atoms with Crippen LogP contribution in [0, 0.1) is 0 Å². The molecule has 0 bridgehead atoms. The van der Waals surface area contributed by atoms with E-state index < -0.39 is 0 Å². The molecule has 5 rings (SSSR count). The summed E-state index contributed by atoms with van der Waals surface area (Å²) in [6, 6.07) is 9.79. The number of aromatic nitrogens is 5. The Labute approximate surface area is 158 Å². The van der Waals surface area contributed by atoms with Crippen LogP contribution in [0.5, 0.6) is 5.75 Å². The molecule has 0 radical (unpaired) electrons. The van der Waals surface area contributed by atoms with Gasteiger partial charge in [0.15, 0.2) is 5.69 Å². The van der Waals surface area contributed by atoms with E-state index in [4.69, 9.17) is 14.0 Å². The number of rotatable bonds is 4. The van der Waals surface area contributed by atoms with Gasteiger partial charge in [-0.15, -0.1) is 5.10 Å². The van der Waals surface area contributed by atoms with Gasteiger partial charge in [0.2, 0.25) is 5.82 Å². The monoisotopic (exact) mass is 381 g/mol. The first-order valence-electron chi connectivity index (χ1n) is 8.36. The number of thiophene rings is 1. The van der Waals surface area contributed by atoms with E-state index in [1.807, 2.05) is 45.8 Å². The zero-order valence-corrected chi connectivity index (χ0v) is 15.2. The largest absolute Gasteiger partial charge is 0.497 e. The van der Waals surface area contributed by atoms with Gasteiger partial charge in [0.1, 0.15) is 11.9 Å². The lowest BCUT2D eigenvalue weighted by Crippen LogP contribution is -2.22. The van der Waals surface area contributed by atoms with Gasteiger partial charge in [-0.2, -0.15) is 16.3 Å². The van der Waals surface area contributed by atoms with Gasteiger partial charge >= 0.3 is 0 Å². The topological polar surface area (TPSA) is 88.1 Å². The summed E-state index contributed by atoms with van der Waals surface area (Å²) in [5.41, 5.74) is 3.35. The van der Waals surface area contributed by atoms with Crippen molar-refractivity contribution in [3.63, 3.8) is 0 Å². The van der Waals surface area contributed by atoms with Gasteiger partial charge < -0.3 is 14.0 Å². The molecule has 0 aliphatic carbocycles. The lowest BCUT2D eigenvalue weighted by Gasteiger charge is -2.24. The second-order valence-electron chi connectivity index (χ2n) is 6.08. The highest BCUT2D eigenvalue weighted by Gasteiger charge is 2.28. The molecule has 0 amide bonds. The Hall–Kier alpha value is -3.04. The summed E-state index contributed by atoms with van der Waals surface area (Å²) in [6.45, 7) is 0.918. The van der Waals surface area contributed by atoms with Gasteiger partial charge in [0, 0.05) is 10.9 Å². The molecule has 9 heteroatoms. The summed E-state index contributed by atoms with van der Waals surface area (Å²) >= 11 is 1.58. The summed E-state index contributed by atoms with van der Waals surface area (Å²) < 4.78 is 18.6. The van der Waals surface area contributed by atoms with Crippen LogP contribution in [0.3, 0.4) is 0 Å². The Kier molecular flexibility index (Phi) is 3.95. The van der Waals surface area contributed by atoms with Crippen LogP contribution in [0.4, 0.5) is 0 Å². The highest BCUT2D eigenvalue weighted by Crippen LogP contribution is 2.32. The van der Waals surface area contributed by atoms with Gasteiger partial charge in [-0.25, -0.2) is 4.68 Å². The van der Waals surface area contributed by atoms with Crippen molar-refractivity contribution in [1.29, 1.82) is 0 Å². The summed E-state index contributed by atoms with van der Waals surface area (Å²) in [6.07, 6.45) is -0.119. The van der Waals surface area contributed by atoms with Crippen LogP contribution in [0.25, 0.3) is 23.0 Å². The van der Waals surface area contributed by atoms with Gasteiger partial charge in [0.05, 0.1) is 26.0 Å². The zero-order chi connectivity index (χ0) is 18.2. The van der Waals surface area contributed by atoms with Gasteiger partial charge in [-0.05, 0) is 29.1 Å². The summed E-state index contributed by atoms with van der Waals surface area (Å²) in [5.74, 6) is 1.69. The standard InChI is InChI=1S/C18H15N5O3S/c1-24-13-4-2-3-11(7-13)15-8-23-14(9-25-15)16(20-22-23)18-19-17(21-26-18)12-5-6-27-10-12/h2-7,10,15H,8-9H2,1H3. The van der Waals surface area contributed by atoms with E-state index in [0.717, 1.165) is 22.6 Å². The van der Waals surface area contributed by atoms with Crippen LogP contribution < -0.4 is 4.74 Å². The number of fused-ring (bicyclic) bond motifs is 1. The fraction of sp³-hybridized carbons (Fsp3) is 0.222. The normalized spacial score (nSPS) is 16.3. The first-order chi connectivity index (χ1) is 13.3. The van der Waals surface area contributed by atoms with Crippen molar-refractivity contribution >= 4 is 11.3 Å². The van der Waals surface area contributed by atoms with Gasteiger partial charge in [0.25, 0.3) is 5.89 Å². The molecule has 8 nitrogen and oxygen atoms in total. The SMILES string of the molecule is COc1cccc(C2Cn3nnc(-c4nc(-c5ccsc5)no4)c3CO2)c1. The van der Waals surface area contributed by atoms with Crippen LogP contribution in [-0.2, 0) is 17.9 Å². The second kappa shape index (κ2) is 6.60. The smallest absolute Gasteiger partial charge is 0.280 e. The molecule has 1 atom stereocenters. The van der Waals surface area contributed by atoms with Crippen molar-refractivity contribution in [1.82, 2.24) is 25.1 Å². The van der Waals surface area contributed by atoms with Crippen LogP contribution in [0.2, 0.25) is 0 Å². The molecule has 136 valence electrons. The third-order valence-corrected chi connectivity index (χ3v) is 5.15. The molecule has 1 aliphatic heterocycles. The van der Waals surface area contributed by atoms with Crippen molar-refractivity contribution in [2.75, 3.05) is 7.11 Å². The highest BCUT2D eigenvalue weighted by atomic mass is 32.1. The lowest BCUT2D eigenvalue weighted by molar-refractivity contribution is -0.00127. The Morgan fingerprint density at radius 1 is 1.30 bits per heavy atom. The number of methoxy groups -OCH3 is 1. The predicted molar refractivity (Wildman–Crippen MR) is 97.2 cm³/mol. The number of hydrogen-bond donors (Lipinski definition) is 0. The maximum atomic E-state index is 6.04. The minimum Gasteiger partial charge on any atom is -0.497 e. The van der Waals surface area contributed by atoms with Crippen LogP contribution in [0.15, 0.2) is 45.6 Å². The number of nitrogens with zero attached hydrogens (tertiary/aromatic N) is 5. The van der Waals surface area contributed by atoms with Gasteiger partial charge in [-0.1, -0.05) is 22.5 Å². The maximum absolute atomic E-state index is 6.04. The molecular formula is C18H15N5O3S. The number of hydrogen-bond acceptors (Lipinski definition) is 8. The van der Waals surface area contributed by atoms with Crippen molar-refractivity contribution in [3.8, 4) is 28.7 Å². The highest BCUT2D eigenvalue weighted by molar-refractivity contribution is 7.08. The molecule has 0 spiro atoms. The average molecular weight is 381 g/mol. The molecule has 1 aromatic carbocycles. The molecule has 4 aromatic rings. The summed E-state index contributed by atoms with van der Waals surface area (Å²) in [4.78, 5) is 4.44. The fourth-order valence-electron chi connectivity index (χ4n) is 3.05. The minimum absolute atomic E-state index is 0.119. The van der Waals surface area contributed by atoms with E-state index in [0.29, 0.717) is 30.6 Å². The van der Waals surface area contributed by atoms with Gasteiger partial charge in [-0.3, -0.25) is 0 Å². The number of ether oxygens (including phenoxy) is 2. The first-order valence-corrected chi connectivity index (χ1v) is 9.30. The average Bonchev–Trinajstić information content (AvgIpc) is 3.46.